The lowest BCUT2D eigenvalue weighted by Crippen LogP contribution is -1.96. The second-order valence-corrected chi connectivity index (χ2v) is 3.05. The molecule has 1 rings (SSSR count). The molecule has 1 unspecified atom stereocenters. The second kappa shape index (κ2) is 3.64. The molecule has 1 aromatic rings. The van der Waals surface area contributed by atoms with Crippen LogP contribution in [0.5, 0.6) is 0 Å². The van der Waals surface area contributed by atoms with Gasteiger partial charge in [-0.2, -0.15) is 0 Å². The SMILES string of the molecule is O=CC(O)c1ccc(Br)cc1. The zero-order chi connectivity index (χ0) is 8.27. The number of aliphatic hydroxyl groups excluding tert-OH is 1. The Morgan fingerprint density at radius 1 is 1.36 bits per heavy atom. The molecule has 0 aliphatic heterocycles. The molecular weight excluding hydrogens is 208 g/mol. The predicted molar refractivity (Wildman–Crippen MR) is 45.2 cm³/mol. The third-order valence-corrected chi connectivity index (χ3v) is 1.87. The maximum Gasteiger partial charge on any atom is 0.153 e. The number of halogens is 1. The van der Waals surface area contributed by atoms with Gasteiger partial charge in [-0.25, -0.2) is 0 Å². The molecule has 1 aromatic carbocycles. The zero-order valence-corrected chi connectivity index (χ0v) is 7.28. The van der Waals surface area contributed by atoms with E-state index in [0.717, 1.165) is 4.47 Å². The Labute approximate surface area is 73.0 Å². The van der Waals surface area contributed by atoms with E-state index >= 15 is 0 Å². The number of benzene rings is 1. The van der Waals surface area contributed by atoms with E-state index in [4.69, 9.17) is 5.11 Å². The van der Waals surface area contributed by atoms with E-state index < -0.39 is 6.10 Å². The molecular formula is C8H7BrO2. The molecule has 1 atom stereocenters. The highest BCUT2D eigenvalue weighted by molar-refractivity contribution is 9.10. The number of hydrogen-bond donors (Lipinski definition) is 1. The molecule has 0 heterocycles. The minimum Gasteiger partial charge on any atom is -0.381 e. The van der Waals surface area contributed by atoms with Gasteiger partial charge in [0, 0.05) is 4.47 Å². The molecule has 3 heteroatoms. The summed E-state index contributed by atoms with van der Waals surface area (Å²) in [6, 6.07) is 6.95. The molecule has 0 radical (unpaired) electrons. The van der Waals surface area contributed by atoms with Crippen molar-refractivity contribution in [2.75, 3.05) is 0 Å². The standard InChI is InChI=1S/C8H7BrO2/c9-7-3-1-6(2-4-7)8(11)5-10/h1-5,8,11H. The van der Waals surface area contributed by atoms with E-state index in [-0.39, 0.29) is 0 Å². The van der Waals surface area contributed by atoms with Gasteiger partial charge in [-0.1, -0.05) is 28.1 Å². The van der Waals surface area contributed by atoms with E-state index in [1.807, 2.05) is 0 Å². The molecule has 0 bridgehead atoms. The lowest BCUT2D eigenvalue weighted by Gasteiger charge is -2.01. The molecule has 1 N–H and O–H groups in total. The Bertz CT molecular complexity index is 243. The quantitative estimate of drug-likeness (QED) is 0.762. The van der Waals surface area contributed by atoms with Crippen LogP contribution in [-0.2, 0) is 4.79 Å². The van der Waals surface area contributed by atoms with Gasteiger partial charge in [-0.15, -0.1) is 0 Å². The van der Waals surface area contributed by atoms with Gasteiger partial charge < -0.3 is 9.90 Å². The Kier molecular flexibility index (Phi) is 2.79. The second-order valence-electron chi connectivity index (χ2n) is 2.13. The normalized spacial score (nSPS) is 12.5. The van der Waals surface area contributed by atoms with Crippen molar-refractivity contribution in [1.29, 1.82) is 0 Å². The molecule has 0 fully saturated rings. The lowest BCUT2D eigenvalue weighted by atomic mass is 10.1. The number of aliphatic hydroxyl groups is 1. The third-order valence-electron chi connectivity index (χ3n) is 1.34. The van der Waals surface area contributed by atoms with Crippen molar-refractivity contribution in [3.8, 4) is 0 Å². The summed E-state index contributed by atoms with van der Waals surface area (Å²) in [6.07, 6.45) is -0.494. The average molecular weight is 215 g/mol. The van der Waals surface area contributed by atoms with Gasteiger partial charge in [-0.3, -0.25) is 0 Å². The molecule has 0 aliphatic carbocycles. The molecule has 0 spiro atoms. The van der Waals surface area contributed by atoms with Crippen LogP contribution in [0.25, 0.3) is 0 Å². The first-order valence-corrected chi connectivity index (χ1v) is 3.92. The summed E-state index contributed by atoms with van der Waals surface area (Å²) in [5.41, 5.74) is 0.614. The van der Waals surface area contributed by atoms with Crippen molar-refractivity contribution >= 4 is 22.2 Å². The topological polar surface area (TPSA) is 37.3 Å². The highest BCUT2D eigenvalue weighted by atomic mass is 79.9. The lowest BCUT2D eigenvalue weighted by molar-refractivity contribution is -0.115. The van der Waals surface area contributed by atoms with Crippen molar-refractivity contribution in [3.63, 3.8) is 0 Å². The van der Waals surface area contributed by atoms with Gasteiger partial charge in [0.25, 0.3) is 0 Å². The van der Waals surface area contributed by atoms with E-state index in [1.165, 1.54) is 0 Å². The first-order valence-electron chi connectivity index (χ1n) is 3.13. The monoisotopic (exact) mass is 214 g/mol. The summed E-state index contributed by atoms with van der Waals surface area (Å²) in [5.74, 6) is 0. The summed E-state index contributed by atoms with van der Waals surface area (Å²) in [6.45, 7) is 0. The largest absolute Gasteiger partial charge is 0.381 e. The van der Waals surface area contributed by atoms with Crippen molar-refractivity contribution in [2.45, 2.75) is 6.10 Å². The molecule has 0 saturated heterocycles. The van der Waals surface area contributed by atoms with Crippen LogP contribution in [0.2, 0.25) is 0 Å². The van der Waals surface area contributed by atoms with Crippen LogP contribution in [0.1, 0.15) is 11.7 Å². The molecule has 2 nitrogen and oxygen atoms in total. The summed E-state index contributed by atoms with van der Waals surface area (Å²) < 4.78 is 0.930. The Hall–Kier alpha value is -0.670. The third kappa shape index (κ3) is 2.13. The highest BCUT2D eigenvalue weighted by Crippen LogP contribution is 2.14. The van der Waals surface area contributed by atoms with Gasteiger partial charge >= 0.3 is 0 Å². The molecule has 0 aromatic heterocycles. The van der Waals surface area contributed by atoms with E-state index in [9.17, 15) is 4.79 Å². The smallest absolute Gasteiger partial charge is 0.153 e. The Morgan fingerprint density at radius 3 is 2.36 bits per heavy atom. The molecule has 11 heavy (non-hydrogen) atoms. The van der Waals surface area contributed by atoms with Crippen molar-refractivity contribution in [2.24, 2.45) is 0 Å². The maximum atomic E-state index is 10.1. The number of carbonyl (C=O) groups is 1. The minimum atomic E-state index is -0.997. The number of carbonyl (C=O) groups excluding carboxylic acids is 1. The fraction of sp³-hybridized carbons (Fsp3) is 0.125. The van der Waals surface area contributed by atoms with Crippen molar-refractivity contribution in [1.82, 2.24) is 0 Å². The fourth-order valence-electron chi connectivity index (χ4n) is 0.739. The summed E-state index contributed by atoms with van der Waals surface area (Å²) in [5, 5.41) is 9.04. The molecule has 0 amide bonds. The minimum absolute atomic E-state index is 0.503. The predicted octanol–water partition coefficient (Wildman–Crippen LogP) is 1.68. The summed E-state index contributed by atoms with van der Waals surface area (Å²) >= 11 is 3.25. The summed E-state index contributed by atoms with van der Waals surface area (Å²) in [7, 11) is 0. The Morgan fingerprint density at radius 2 is 1.91 bits per heavy atom. The van der Waals surface area contributed by atoms with Gasteiger partial charge in [0.15, 0.2) is 6.29 Å². The first-order chi connectivity index (χ1) is 5.24. The van der Waals surface area contributed by atoms with Crippen molar-refractivity contribution in [3.05, 3.63) is 34.3 Å². The maximum absolute atomic E-state index is 10.1. The number of rotatable bonds is 2. The van der Waals surface area contributed by atoms with Gasteiger partial charge in [-0.05, 0) is 17.7 Å². The van der Waals surface area contributed by atoms with Gasteiger partial charge in [0.2, 0.25) is 0 Å². The van der Waals surface area contributed by atoms with Gasteiger partial charge in [0.1, 0.15) is 6.10 Å². The first kappa shape index (κ1) is 8.43. The number of hydrogen-bond acceptors (Lipinski definition) is 2. The van der Waals surface area contributed by atoms with Crippen LogP contribution in [0.3, 0.4) is 0 Å². The van der Waals surface area contributed by atoms with Crippen LogP contribution < -0.4 is 0 Å². The highest BCUT2D eigenvalue weighted by Gasteiger charge is 2.03. The van der Waals surface area contributed by atoms with E-state index in [0.29, 0.717) is 11.8 Å². The number of aldehydes is 1. The van der Waals surface area contributed by atoms with Crippen molar-refractivity contribution < 1.29 is 9.90 Å². The molecule has 0 aliphatic rings. The zero-order valence-electron chi connectivity index (χ0n) is 5.70. The molecule has 0 saturated carbocycles. The fourth-order valence-corrected chi connectivity index (χ4v) is 1.00. The molecule has 58 valence electrons. The van der Waals surface area contributed by atoms with Crippen LogP contribution in [-0.4, -0.2) is 11.4 Å². The Balaban J connectivity index is 2.89. The summed E-state index contributed by atoms with van der Waals surface area (Å²) in [4.78, 5) is 10.1. The average Bonchev–Trinajstić information content (AvgIpc) is 2.05. The van der Waals surface area contributed by atoms with E-state index in [2.05, 4.69) is 15.9 Å². The van der Waals surface area contributed by atoms with Crippen LogP contribution >= 0.6 is 15.9 Å². The van der Waals surface area contributed by atoms with Gasteiger partial charge in [0.05, 0.1) is 0 Å². The van der Waals surface area contributed by atoms with Crippen LogP contribution in [0, 0.1) is 0 Å². The van der Waals surface area contributed by atoms with Crippen LogP contribution in [0.15, 0.2) is 28.7 Å². The van der Waals surface area contributed by atoms with Crippen LogP contribution in [0.4, 0.5) is 0 Å². The van der Waals surface area contributed by atoms with E-state index in [1.54, 1.807) is 24.3 Å².